The molecular weight excluding hydrogens is 310 g/mol. The Morgan fingerprint density at radius 2 is 1.93 bits per heavy atom. The molecule has 0 aliphatic carbocycles. The van der Waals surface area contributed by atoms with E-state index in [0.717, 1.165) is 14.7 Å². The number of rotatable bonds is 3. The second-order valence-corrected chi connectivity index (χ2v) is 4.32. The quantitative estimate of drug-likeness (QED) is 0.528. The van der Waals surface area contributed by atoms with Gasteiger partial charge in [-0.25, -0.2) is 0 Å². The van der Waals surface area contributed by atoms with Crippen LogP contribution >= 0.6 is 31.9 Å². The molecule has 0 aromatic heterocycles. The molecule has 0 fully saturated rings. The average molecular weight is 319 g/mol. The van der Waals surface area contributed by atoms with Crippen molar-refractivity contribution in [3.05, 3.63) is 21.1 Å². The number of halogens is 2. The summed E-state index contributed by atoms with van der Waals surface area (Å²) >= 11 is 6.73. The summed E-state index contributed by atoms with van der Waals surface area (Å²) in [7, 11) is 0. The topological polar surface area (TPSA) is 35.2 Å². The molecule has 14 heavy (non-hydrogen) atoms. The fourth-order valence-electron chi connectivity index (χ4n) is 0.929. The lowest BCUT2D eigenvalue weighted by Gasteiger charge is -2.09. The molecule has 0 aliphatic heterocycles. The van der Waals surface area contributed by atoms with E-state index in [9.17, 15) is 0 Å². The van der Waals surface area contributed by atoms with Crippen molar-refractivity contribution in [2.75, 3.05) is 12.3 Å². The molecule has 0 saturated carbocycles. The van der Waals surface area contributed by atoms with Crippen molar-refractivity contribution in [2.45, 2.75) is 6.42 Å². The highest BCUT2D eigenvalue weighted by Crippen LogP contribution is 2.35. The van der Waals surface area contributed by atoms with E-state index in [1.54, 1.807) is 12.1 Å². The molecule has 0 unspecified atom stereocenters. The van der Waals surface area contributed by atoms with Crippen molar-refractivity contribution < 1.29 is 4.74 Å². The van der Waals surface area contributed by atoms with E-state index in [1.165, 1.54) is 0 Å². The minimum absolute atomic E-state index is 0.498. The first-order valence-electron chi connectivity index (χ1n) is 3.96. The molecule has 0 saturated heterocycles. The van der Waals surface area contributed by atoms with Gasteiger partial charge in [-0.1, -0.05) is 0 Å². The Morgan fingerprint density at radius 1 is 1.36 bits per heavy atom. The molecule has 2 N–H and O–H groups in total. The average Bonchev–Trinajstić information content (AvgIpc) is 2.09. The van der Waals surface area contributed by atoms with Crippen LogP contribution < -0.4 is 10.5 Å². The Hall–Kier alpha value is -0.660. The smallest absolute Gasteiger partial charge is 0.147 e. The fraction of sp³-hybridized carbons (Fsp3) is 0.200. The first-order valence-corrected chi connectivity index (χ1v) is 5.54. The first kappa shape index (κ1) is 11.4. The second-order valence-electron chi connectivity index (χ2n) is 2.62. The zero-order chi connectivity index (χ0) is 10.6. The van der Waals surface area contributed by atoms with E-state index in [1.807, 2.05) is 0 Å². The van der Waals surface area contributed by atoms with Gasteiger partial charge in [0.25, 0.3) is 0 Å². The summed E-state index contributed by atoms with van der Waals surface area (Å²) in [5, 5.41) is 0. The molecule has 1 aromatic rings. The lowest BCUT2D eigenvalue weighted by molar-refractivity contribution is 0.323. The molecule has 0 heterocycles. The van der Waals surface area contributed by atoms with E-state index < -0.39 is 0 Å². The molecule has 0 atom stereocenters. The lowest BCUT2D eigenvalue weighted by atomic mass is 10.3. The fourth-order valence-corrected chi connectivity index (χ4v) is 2.38. The summed E-state index contributed by atoms with van der Waals surface area (Å²) < 4.78 is 7.11. The van der Waals surface area contributed by atoms with Crippen LogP contribution in [0.5, 0.6) is 5.75 Å². The summed E-state index contributed by atoms with van der Waals surface area (Å²) in [6, 6.07) is 3.58. The number of nitrogen functional groups attached to an aromatic ring is 1. The van der Waals surface area contributed by atoms with E-state index in [2.05, 4.69) is 37.8 Å². The van der Waals surface area contributed by atoms with Gasteiger partial charge in [0, 0.05) is 12.1 Å². The van der Waals surface area contributed by atoms with Gasteiger partial charge in [0.1, 0.15) is 5.75 Å². The summed E-state index contributed by atoms with van der Waals surface area (Å²) in [4.78, 5) is 0. The van der Waals surface area contributed by atoms with Crippen LogP contribution in [0.1, 0.15) is 6.42 Å². The summed E-state index contributed by atoms with van der Waals surface area (Å²) in [5.74, 6) is 3.24. The zero-order valence-electron chi connectivity index (χ0n) is 7.39. The minimum Gasteiger partial charge on any atom is -0.490 e. The molecule has 0 bridgehead atoms. The summed E-state index contributed by atoms with van der Waals surface area (Å²) in [5.41, 5.74) is 6.31. The van der Waals surface area contributed by atoms with Gasteiger partial charge in [0.2, 0.25) is 0 Å². The SMILES string of the molecule is C#CCCOc1c(Br)cc(N)cc1Br. The highest BCUT2D eigenvalue weighted by molar-refractivity contribution is 9.11. The summed E-state index contributed by atoms with van der Waals surface area (Å²) in [6.07, 6.45) is 5.71. The molecule has 74 valence electrons. The maximum absolute atomic E-state index is 5.64. The van der Waals surface area contributed by atoms with Crippen LogP contribution in [0, 0.1) is 12.3 Å². The Morgan fingerprint density at radius 3 is 2.43 bits per heavy atom. The molecule has 0 radical (unpaired) electrons. The number of nitrogens with two attached hydrogens (primary N) is 1. The van der Waals surface area contributed by atoms with E-state index >= 15 is 0 Å². The van der Waals surface area contributed by atoms with Crippen LogP contribution in [0.15, 0.2) is 21.1 Å². The van der Waals surface area contributed by atoms with Crippen molar-refractivity contribution >= 4 is 37.5 Å². The summed E-state index contributed by atoms with van der Waals surface area (Å²) in [6.45, 7) is 0.498. The molecule has 0 spiro atoms. The monoisotopic (exact) mass is 317 g/mol. The van der Waals surface area contributed by atoms with Crippen LogP contribution in [-0.2, 0) is 0 Å². The van der Waals surface area contributed by atoms with Gasteiger partial charge >= 0.3 is 0 Å². The van der Waals surface area contributed by atoms with Gasteiger partial charge in [-0.2, -0.15) is 0 Å². The Bertz CT molecular complexity index is 348. The van der Waals surface area contributed by atoms with Crippen LogP contribution in [-0.4, -0.2) is 6.61 Å². The van der Waals surface area contributed by atoms with Gasteiger partial charge in [-0.3, -0.25) is 0 Å². The van der Waals surface area contributed by atoms with Gasteiger partial charge in [0.05, 0.1) is 15.6 Å². The van der Waals surface area contributed by atoms with Crippen molar-refractivity contribution in [1.82, 2.24) is 0 Å². The third-order valence-corrected chi connectivity index (χ3v) is 2.69. The third-order valence-electron chi connectivity index (χ3n) is 1.51. The van der Waals surface area contributed by atoms with Gasteiger partial charge in [-0.15, -0.1) is 12.3 Å². The Kier molecular flexibility index (Phi) is 4.30. The predicted molar refractivity (Wildman–Crippen MR) is 65.2 cm³/mol. The number of hydrogen-bond donors (Lipinski definition) is 1. The van der Waals surface area contributed by atoms with Gasteiger partial charge in [0.15, 0.2) is 0 Å². The highest BCUT2D eigenvalue weighted by Gasteiger charge is 2.07. The third kappa shape index (κ3) is 2.93. The number of benzene rings is 1. The maximum Gasteiger partial charge on any atom is 0.147 e. The van der Waals surface area contributed by atoms with Crippen molar-refractivity contribution in [3.8, 4) is 18.1 Å². The number of ether oxygens (including phenoxy) is 1. The first-order chi connectivity index (χ1) is 6.65. The number of anilines is 1. The zero-order valence-corrected chi connectivity index (χ0v) is 10.6. The van der Waals surface area contributed by atoms with E-state index in [-0.39, 0.29) is 0 Å². The molecule has 0 amide bonds. The van der Waals surface area contributed by atoms with Crippen molar-refractivity contribution in [3.63, 3.8) is 0 Å². The molecule has 0 aliphatic rings. The van der Waals surface area contributed by atoms with Crippen molar-refractivity contribution in [1.29, 1.82) is 0 Å². The minimum atomic E-state index is 0.498. The van der Waals surface area contributed by atoms with E-state index in [0.29, 0.717) is 18.7 Å². The Balaban J connectivity index is 2.81. The predicted octanol–water partition coefficient (Wildman–Crippen LogP) is 3.20. The molecule has 2 nitrogen and oxygen atoms in total. The molecule has 1 aromatic carbocycles. The van der Waals surface area contributed by atoms with Gasteiger partial charge < -0.3 is 10.5 Å². The molecule has 4 heteroatoms. The number of hydrogen-bond acceptors (Lipinski definition) is 2. The lowest BCUT2D eigenvalue weighted by Crippen LogP contribution is -1.98. The van der Waals surface area contributed by atoms with Crippen LogP contribution in [0.3, 0.4) is 0 Å². The highest BCUT2D eigenvalue weighted by atomic mass is 79.9. The second kappa shape index (κ2) is 5.28. The Labute approximate surface area is 100 Å². The largest absolute Gasteiger partial charge is 0.490 e. The maximum atomic E-state index is 5.64. The van der Waals surface area contributed by atoms with E-state index in [4.69, 9.17) is 16.9 Å². The molecule has 1 rings (SSSR count). The van der Waals surface area contributed by atoms with Crippen molar-refractivity contribution in [2.24, 2.45) is 0 Å². The standard InChI is InChI=1S/C10H9Br2NO/c1-2-3-4-14-10-8(11)5-7(13)6-9(10)12/h1,5-6H,3-4,13H2. The molecular formula is C10H9Br2NO. The number of terminal acetylenes is 1. The van der Waals surface area contributed by atoms with Crippen LogP contribution in [0.2, 0.25) is 0 Å². The van der Waals surface area contributed by atoms with Gasteiger partial charge in [-0.05, 0) is 44.0 Å². The van der Waals surface area contributed by atoms with Crippen LogP contribution in [0.25, 0.3) is 0 Å². The van der Waals surface area contributed by atoms with Crippen LogP contribution in [0.4, 0.5) is 5.69 Å². The normalized spacial score (nSPS) is 9.50.